The molecule has 0 aliphatic heterocycles. The molecule has 0 heterocycles. The number of alkyl halides is 12. The molecule has 22 heavy (non-hydrogen) atoms. The fraction of sp³-hybridized carbons (Fsp3) is 0.889. The zero-order valence-corrected chi connectivity index (χ0v) is 10.0. The van der Waals surface area contributed by atoms with Crippen molar-refractivity contribution < 1.29 is 57.5 Å². The highest BCUT2D eigenvalue weighted by Gasteiger charge is 2.60. The molecule has 0 rings (SSSR count). The molecule has 0 aromatic carbocycles. The fourth-order valence-electron chi connectivity index (χ4n) is 1.25. The molecule has 132 valence electrons. The summed E-state index contributed by atoms with van der Waals surface area (Å²) < 4.78 is 146. The Morgan fingerprint density at radius 1 is 0.636 bits per heavy atom. The van der Waals surface area contributed by atoms with E-state index in [1.165, 1.54) is 0 Å². The van der Waals surface area contributed by atoms with Crippen LogP contribution in [0.25, 0.3) is 0 Å². The van der Waals surface area contributed by atoms with Crippen LogP contribution in [0.5, 0.6) is 0 Å². The largest absolute Gasteiger partial charge is 0.425 e. The smallest absolute Gasteiger partial charge is 0.299 e. The first-order valence-electron chi connectivity index (χ1n) is 5.10. The highest BCUT2D eigenvalue weighted by atomic mass is 19.4. The van der Waals surface area contributed by atoms with Crippen molar-refractivity contribution in [2.24, 2.45) is 0 Å². The summed E-state index contributed by atoms with van der Waals surface area (Å²) >= 11 is 0. The van der Waals surface area contributed by atoms with Crippen LogP contribution in [0.1, 0.15) is 12.8 Å². The molecule has 0 amide bonds. The quantitative estimate of drug-likeness (QED) is 0.643. The molecule has 0 fully saturated rings. The molecule has 1 nitrogen and oxygen atoms in total. The van der Waals surface area contributed by atoms with Crippen molar-refractivity contribution in [3.63, 3.8) is 0 Å². The first kappa shape index (κ1) is 20.8. The van der Waals surface area contributed by atoms with Crippen molar-refractivity contribution in [3.8, 4) is 0 Å². The van der Waals surface area contributed by atoms with Crippen LogP contribution in [-0.2, 0) is 4.79 Å². The lowest BCUT2D eigenvalue weighted by atomic mass is 10.00. The Bertz CT molecular complexity index is 358. The monoisotopic (exact) mass is 358 g/mol. The van der Waals surface area contributed by atoms with E-state index in [4.69, 9.17) is 0 Å². The number of halogens is 12. The van der Waals surface area contributed by atoms with E-state index in [0.29, 0.717) is 0 Å². The molecule has 0 spiro atoms. The Balaban J connectivity index is 4.96. The molecule has 0 saturated heterocycles. The minimum absolute atomic E-state index is 2.56. The molecule has 0 saturated carbocycles. The summed E-state index contributed by atoms with van der Waals surface area (Å²) in [6.07, 6.45) is -27.5. The molecule has 0 aromatic rings. The average molecular weight is 358 g/mol. The Morgan fingerprint density at radius 3 is 1.05 bits per heavy atom. The summed E-state index contributed by atoms with van der Waals surface area (Å²) in [5, 5.41) is 0. The molecule has 0 aromatic heterocycles. The van der Waals surface area contributed by atoms with Gasteiger partial charge in [-0.15, -0.1) is 0 Å². The Hall–Kier alpha value is -1.17. The molecule has 0 aliphatic rings. The van der Waals surface area contributed by atoms with Gasteiger partial charge < -0.3 is 0 Å². The van der Waals surface area contributed by atoms with Crippen LogP contribution in [0.2, 0.25) is 0 Å². The summed E-state index contributed by atoms with van der Waals surface area (Å²) in [6.45, 7) is 0. The fourth-order valence-corrected chi connectivity index (χ4v) is 1.25. The van der Waals surface area contributed by atoms with Crippen LogP contribution < -0.4 is 0 Å². The zero-order chi connectivity index (χ0) is 18.1. The van der Waals surface area contributed by atoms with Gasteiger partial charge in [0.05, 0.1) is 12.8 Å². The van der Waals surface area contributed by atoms with E-state index in [1.54, 1.807) is 0 Å². The van der Waals surface area contributed by atoms with Gasteiger partial charge in [-0.05, 0) is 0 Å². The predicted octanol–water partition coefficient (Wildman–Crippen LogP) is 4.41. The Labute approximate surface area is 114 Å². The van der Waals surface area contributed by atoms with Gasteiger partial charge in [0.1, 0.15) is 5.78 Å². The van der Waals surface area contributed by atoms with Crippen LogP contribution in [0.3, 0.4) is 0 Å². The number of Topliss-reactive ketones (excluding diaryl/α,β-unsaturated/α-hetero) is 1. The molecular weight excluding hydrogens is 352 g/mol. The van der Waals surface area contributed by atoms with E-state index in [2.05, 4.69) is 0 Å². The third-order valence-electron chi connectivity index (χ3n) is 2.18. The van der Waals surface area contributed by atoms with Crippen LogP contribution in [0.15, 0.2) is 0 Å². The molecule has 13 heteroatoms. The first-order valence-corrected chi connectivity index (χ1v) is 5.10. The third-order valence-corrected chi connectivity index (χ3v) is 2.18. The van der Waals surface area contributed by atoms with Crippen molar-refractivity contribution in [2.45, 2.75) is 49.4 Å². The second-order valence-corrected chi connectivity index (χ2v) is 4.22. The van der Waals surface area contributed by atoms with Gasteiger partial charge in [0, 0.05) is 0 Å². The van der Waals surface area contributed by atoms with Gasteiger partial charge in [0.15, 0.2) is 0 Å². The van der Waals surface area contributed by atoms with Gasteiger partial charge in [-0.25, -0.2) is 26.3 Å². The third kappa shape index (κ3) is 5.55. The molecule has 0 N–H and O–H groups in total. The van der Waals surface area contributed by atoms with E-state index in [-0.39, 0.29) is 0 Å². The molecular formula is C9H6F12O. The normalized spacial score (nSPS) is 17.3. The molecule has 2 unspecified atom stereocenters. The van der Waals surface area contributed by atoms with E-state index >= 15 is 0 Å². The van der Waals surface area contributed by atoms with Gasteiger partial charge in [-0.2, -0.15) is 26.3 Å². The highest BCUT2D eigenvalue weighted by molar-refractivity contribution is 5.80. The number of carbonyl (C=O) groups excluding carboxylic acids is 1. The van der Waals surface area contributed by atoms with Crippen molar-refractivity contribution in [1.29, 1.82) is 0 Å². The highest BCUT2D eigenvalue weighted by Crippen LogP contribution is 2.40. The van der Waals surface area contributed by atoms with Crippen molar-refractivity contribution >= 4 is 5.78 Å². The lowest BCUT2D eigenvalue weighted by molar-refractivity contribution is -0.248. The van der Waals surface area contributed by atoms with E-state index in [1.807, 2.05) is 0 Å². The van der Waals surface area contributed by atoms with Gasteiger partial charge in [-0.3, -0.25) is 4.79 Å². The van der Waals surface area contributed by atoms with E-state index < -0.39 is 55.2 Å². The Kier molecular flexibility index (Phi) is 5.82. The minimum Gasteiger partial charge on any atom is -0.299 e. The standard InChI is InChI=1S/C9H6F12O/c10-4(8(16,17)18)6(12,13)1-3(22)2-7(14,15)5(11)9(19,20)21/h4-5H,1-2H2. The average Bonchev–Trinajstić information content (AvgIpc) is 2.22. The lowest BCUT2D eigenvalue weighted by Gasteiger charge is -2.24. The maximum absolute atomic E-state index is 12.7. The first-order chi connectivity index (χ1) is 9.41. The number of hydrogen-bond acceptors (Lipinski definition) is 1. The van der Waals surface area contributed by atoms with Gasteiger partial charge >= 0.3 is 12.4 Å². The van der Waals surface area contributed by atoms with Crippen LogP contribution in [0.4, 0.5) is 52.7 Å². The van der Waals surface area contributed by atoms with Gasteiger partial charge in [-0.1, -0.05) is 0 Å². The summed E-state index contributed by atoms with van der Waals surface area (Å²) in [4.78, 5) is 10.7. The second kappa shape index (κ2) is 6.14. The lowest BCUT2D eigenvalue weighted by Crippen LogP contribution is -2.46. The van der Waals surface area contributed by atoms with Crippen LogP contribution >= 0.6 is 0 Å². The molecule has 2 atom stereocenters. The minimum atomic E-state index is -6.12. The molecule has 0 bridgehead atoms. The van der Waals surface area contributed by atoms with Crippen molar-refractivity contribution in [2.75, 3.05) is 0 Å². The number of hydrogen-bond donors (Lipinski definition) is 0. The van der Waals surface area contributed by atoms with Crippen LogP contribution in [0, 0.1) is 0 Å². The second-order valence-electron chi connectivity index (χ2n) is 4.22. The summed E-state index contributed by atoms with van der Waals surface area (Å²) in [7, 11) is 0. The van der Waals surface area contributed by atoms with Crippen molar-refractivity contribution in [3.05, 3.63) is 0 Å². The van der Waals surface area contributed by atoms with E-state index in [0.717, 1.165) is 0 Å². The zero-order valence-electron chi connectivity index (χ0n) is 10.0. The van der Waals surface area contributed by atoms with Crippen LogP contribution in [-0.4, -0.2) is 42.3 Å². The predicted molar refractivity (Wildman–Crippen MR) is 46.0 cm³/mol. The SMILES string of the molecule is O=C(CC(F)(F)C(F)C(F)(F)F)CC(F)(F)C(F)C(F)(F)F. The molecule has 0 radical (unpaired) electrons. The summed E-state index contributed by atoms with van der Waals surface area (Å²) in [5.74, 6) is -13.5. The summed E-state index contributed by atoms with van der Waals surface area (Å²) in [5.41, 5.74) is 0. The summed E-state index contributed by atoms with van der Waals surface area (Å²) in [6, 6.07) is 0. The Morgan fingerprint density at radius 2 is 0.864 bits per heavy atom. The van der Waals surface area contributed by atoms with Gasteiger partial charge in [0.25, 0.3) is 24.2 Å². The van der Waals surface area contributed by atoms with Crippen molar-refractivity contribution in [1.82, 2.24) is 0 Å². The maximum atomic E-state index is 12.7. The van der Waals surface area contributed by atoms with E-state index in [9.17, 15) is 57.5 Å². The maximum Gasteiger partial charge on any atom is 0.425 e. The number of carbonyl (C=O) groups is 1. The number of ketones is 1. The number of rotatable bonds is 6. The topological polar surface area (TPSA) is 17.1 Å². The van der Waals surface area contributed by atoms with Gasteiger partial charge in [0.2, 0.25) is 0 Å². The molecule has 0 aliphatic carbocycles.